The Bertz CT molecular complexity index is 446. The second kappa shape index (κ2) is 4.47. The predicted octanol–water partition coefficient (Wildman–Crippen LogP) is 2.76. The molecule has 0 unspecified atom stereocenters. The number of thiazole rings is 1. The van der Waals surface area contributed by atoms with E-state index in [2.05, 4.69) is 48.0 Å². The Morgan fingerprint density at radius 3 is 3.12 bits per heavy atom. The smallest absolute Gasteiger partial charge is 0.193 e. The van der Waals surface area contributed by atoms with Crippen LogP contribution in [0, 0.1) is 0 Å². The normalized spacial score (nSPS) is 16.4. The van der Waals surface area contributed by atoms with Gasteiger partial charge < -0.3 is 0 Å². The SMILES string of the molecule is BrCCN(Cc1cn2ccsc2n1)C1CC1. The van der Waals surface area contributed by atoms with Crippen LogP contribution >= 0.6 is 27.3 Å². The molecule has 0 N–H and O–H groups in total. The van der Waals surface area contributed by atoms with E-state index in [0.717, 1.165) is 29.4 Å². The van der Waals surface area contributed by atoms with Crippen LogP contribution in [0.15, 0.2) is 17.8 Å². The Morgan fingerprint density at radius 1 is 1.56 bits per heavy atom. The van der Waals surface area contributed by atoms with Crippen molar-refractivity contribution in [2.24, 2.45) is 0 Å². The molecule has 0 aromatic carbocycles. The molecule has 1 saturated carbocycles. The summed E-state index contributed by atoms with van der Waals surface area (Å²) in [5.41, 5.74) is 1.19. The third kappa shape index (κ3) is 2.17. The summed E-state index contributed by atoms with van der Waals surface area (Å²) in [6.07, 6.45) is 6.93. The predicted molar refractivity (Wildman–Crippen MR) is 70.3 cm³/mol. The van der Waals surface area contributed by atoms with E-state index in [4.69, 9.17) is 0 Å². The van der Waals surface area contributed by atoms with Gasteiger partial charge in [-0.15, -0.1) is 11.3 Å². The van der Waals surface area contributed by atoms with Gasteiger partial charge in [0.25, 0.3) is 0 Å². The highest BCUT2D eigenvalue weighted by Gasteiger charge is 2.28. The van der Waals surface area contributed by atoms with E-state index in [0.29, 0.717) is 0 Å². The quantitative estimate of drug-likeness (QED) is 0.792. The van der Waals surface area contributed by atoms with Crippen LogP contribution in [-0.2, 0) is 6.54 Å². The van der Waals surface area contributed by atoms with Gasteiger partial charge in [-0.1, -0.05) is 15.9 Å². The van der Waals surface area contributed by atoms with Crippen LogP contribution in [0.3, 0.4) is 0 Å². The van der Waals surface area contributed by atoms with Crippen molar-refractivity contribution < 1.29 is 0 Å². The Morgan fingerprint density at radius 2 is 2.44 bits per heavy atom. The first-order valence-electron chi connectivity index (χ1n) is 5.58. The largest absolute Gasteiger partial charge is 0.297 e. The minimum absolute atomic E-state index is 0.803. The van der Waals surface area contributed by atoms with Crippen LogP contribution in [0.1, 0.15) is 18.5 Å². The first-order valence-corrected chi connectivity index (χ1v) is 7.58. The third-order valence-electron chi connectivity index (χ3n) is 2.94. The van der Waals surface area contributed by atoms with Gasteiger partial charge in [0, 0.05) is 42.2 Å². The van der Waals surface area contributed by atoms with E-state index in [9.17, 15) is 0 Å². The maximum absolute atomic E-state index is 4.63. The number of nitrogens with zero attached hydrogens (tertiary/aromatic N) is 3. The Hall–Kier alpha value is -0.390. The van der Waals surface area contributed by atoms with Crippen molar-refractivity contribution in [2.75, 3.05) is 11.9 Å². The molecule has 0 amide bonds. The van der Waals surface area contributed by atoms with Gasteiger partial charge in [-0.2, -0.15) is 0 Å². The van der Waals surface area contributed by atoms with Crippen molar-refractivity contribution in [3.8, 4) is 0 Å². The third-order valence-corrected chi connectivity index (χ3v) is 4.07. The van der Waals surface area contributed by atoms with E-state index >= 15 is 0 Å². The van der Waals surface area contributed by atoms with Gasteiger partial charge in [-0.25, -0.2) is 4.98 Å². The fraction of sp³-hybridized carbons (Fsp3) is 0.545. The average Bonchev–Trinajstić information content (AvgIpc) is 2.90. The molecule has 0 spiro atoms. The van der Waals surface area contributed by atoms with Crippen LogP contribution in [-0.4, -0.2) is 32.2 Å². The zero-order valence-corrected chi connectivity index (χ0v) is 11.4. The highest BCUT2D eigenvalue weighted by atomic mass is 79.9. The number of alkyl halides is 1. The fourth-order valence-electron chi connectivity index (χ4n) is 2.00. The lowest BCUT2D eigenvalue weighted by atomic mass is 10.4. The van der Waals surface area contributed by atoms with Gasteiger partial charge in [-0.3, -0.25) is 9.30 Å². The molecule has 3 rings (SSSR count). The van der Waals surface area contributed by atoms with Gasteiger partial charge in [0.2, 0.25) is 0 Å². The van der Waals surface area contributed by atoms with Crippen LogP contribution < -0.4 is 0 Å². The zero-order chi connectivity index (χ0) is 11.0. The van der Waals surface area contributed by atoms with E-state index < -0.39 is 0 Å². The topological polar surface area (TPSA) is 20.5 Å². The molecule has 1 fully saturated rings. The molecule has 0 aliphatic heterocycles. The van der Waals surface area contributed by atoms with E-state index in [1.54, 1.807) is 11.3 Å². The van der Waals surface area contributed by atoms with Crippen molar-refractivity contribution in [3.63, 3.8) is 0 Å². The van der Waals surface area contributed by atoms with Gasteiger partial charge in [0.1, 0.15) is 0 Å². The van der Waals surface area contributed by atoms with Crippen molar-refractivity contribution in [1.82, 2.24) is 14.3 Å². The number of fused-ring (bicyclic) bond motifs is 1. The fourth-order valence-corrected chi connectivity index (χ4v) is 3.17. The molecular weight excluding hydrogens is 286 g/mol. The number of aromatic nitrogens is 2. The van der Waals surface area contributed by atoms with Crippen LogP contribution in [0.2, 0.25) is 0 Å². The van der Waals surface area contributed by atoms with Crippen molar-refractivity contribution in [2.45, 2.75) is 25.4 Å². The molecule has 16 heavy (non-hydrogen) atoms. The molecule has 0 atom stereocenters. The maximum atomic E-state index is 4.63. The second-order valence-corrected chi connectivity index (χ2v) is 5.88. The number of rotatable bonds is 5. The summed E-state index contributed by atoms with van der Waals surface area (Å²) >= 11 is 5.22. The number of halogens is 1. The molecule has 5 heteroatoms. The van der Waals surface area contributed by atoms with Crippen molar-refractivity contribution in [3.05, 3.63) is 23.5 Å². The summed E-state index contributed by atoms with van der Waals surface area (Å²) in [6.45, 7) is 2.11. The Labute approximate surface area is 107 Å². The maximum Gasteiger partial charge on any atom is 0.193 e. The van der Waals surface area contributed by atoms with Crippen LogP contribution in [0.5, 0.6) is 0 Å². The highest BCUT2D eigenvalue weighted by Crippen LogP contribution is 2.28. The first kappa shape index (κ1) is 10.7. The zero-order valence-electron chi connectivity index (χ0n) is 8.97. The van der Waals surface area contributed by atoms with Crippen LogP contribution in [0.25, 0.3) is 4.96 Å². The highest BCUT2D eigenvalue weighted by molar-refractivity contribution is 9.09. The molecule has 2 aromatic rings. The van der Waals surface area contributed by atoms with E-state index in [1.165, 1.54) is 18.5 Å². The molecule has 1 aliphatic rings. The molecule has 86 valence electrons. The van der Waals surface area contributed by atoms with Crippen molar-refractivity contribution in [1.29, 1.82) is 0 Å². The lowest BCUT2D eigenvalue weighted by Gasteiger charge is -2.19. The molecule has 0 radical (unpaired) electrons. The summed E-state index contributed by atoms with van der Waals surface area (Å²) in [4.78, 5) is 8.26. The van der Waals surface area contributed by atoms with E-state index in [1.807, 2.05) is 0 Å². The number of hydrogen-bond donors (Lipinski definition) is 0. The molecule has 1 aliphatic carbocycles. The van der Waals surface area contributed by atoms with Crippen molar-refractivity contribution >= 4 is 32.2 Å². The molecule has 3 nitrogen and oxygen atoms in total. The minimum Gasteiger partial charge on any atom is -0.297 e. The number of imidazole rings is 1. The van der Waals surface area contributed by atoms with E-state index in [-0.39, 0.29) is 0 Å². The standard InChI is InChI=1S/C11H14BrN3S/c12-3-4-14(10-1-2-10)7-9-8-15-5-6-16-11(15)13-9/h5-6,8,10H,1-4,7H2. The second-order valence-electron chi connectivity index (χ2n) is 4.22. The van der Waals surface area contributed by atoms with Gasteiger partial charge in [0.15, 0.2) is 4.96 Å². The monoisotopic (exact) mass is 299 g/mol. The minimum atomic E-state index is 0.803. The summed E-state index contributed by atoms with van der Waals surface area (Å²) in [7, 11) is 0. The summed E-state index contributed by atoms with van der Waals surface area (Å²) in [5.74, 6) is 0. The van der Waals surface area contributed by atoms with Crippen LogP contribution in [0.4, 0.5) is 0 Å². The van der Waals surface area contributed by atoms with Gasteiger partial charge in [-0.05, 0) is 12.8 Å². The Balaban J connectivity index is 1.74. The molecule has 2 aromatic heterocycles. The molecule has 2 heterocycles. The lowest BCUT2D eigenvalue weighted by molar-refractivity contribution is 0.269. The lowest BCUT2D eigenvalue weighted by Crippen LogP contribution is -2.27. The molecule has 0 saturated heterocycles. The van der Waals surface area contributed by atoms with Gasteiger partial charge >= 0.3 is 0 Å². The number of hydrogen-bond acceptors (Lipinski definition) is 3. The van der Waals surface area contributed by atoms with Gasteiger partial charge in [0.05, 0.1) is 5.69 Å². The first-order chi connectivity index (χ1) is 7.86. The summed E-state index contributed by atoms with van der Waals surface area (Å²) in [5, 5.41) is 3.12. The summed E-state index contributed by atoms with van der Waals surface area (Å²) in [6, 6.07) is 0.803. The average molecular weight is 300 g/mol. The molecule has 0 bridgehead atoms. The molecular formula is C11H14BrN3S. The Kier molecular flexibility index (Phi) is 3.00. The summed E-state index contributed by atoms with van der Waals surface area (Å²) < 4.78 is 2.11.